The van der Waals surface area contributed by atoms with E-state index in [1.54, 1.807) is 0 Å². The summed E-state index contributed by atoms with van der Waals surface area (Å²) in [7, 11) is 0. The van der Waals surface area contributed by atoms with Gasteiger partial charge in [-0.05, 0) is 112 Å². The van der Waals surface area contributed by atoms with Crippen molar-refractivity contribution in [3.8, 4) is 5.75 Å². The van der Waals surface area contributed by atoms with E-state index in [1.807, 2.05) is 12.1 Å². The molecule has 5 heteroatoms. The smallest absolute Gasteiger partial charge is 0.311 e. The van der Waals surface area contributed by atoms with Crippen molar-refractivity contribution < 1.29 is 14.3 Å². The van der Waals surface area contributed by atoms with Crippen molar-refractivity contribution in [2.45, 2.75) is 86.0 Å². The number of carbonyl (C=O) groups is 2. The molecular weight excluding hydrogens is 448 g/mol. The van der Waals surface area contributed by atoms with Gasteiger partial charge in [0, 0.05) is 53.1 Å². The zero-order valence-electron chi connectivity index (χ0n) is 22.3. The van der Waals surface area contributed by atoms with E-state index in [1.165, 1.54) is 49.7 Å². The largest absolute Gasteiger partial charge is 0.426 e. The molecule has 2 heterocycles. The predicted octanol–water partition coefficient (Wildman–Crippen LogP) is 7.42. The van der Waals surface area contributed by atoms with Crippen LogP contribution in [-0.4, -0.2) is 22.2 Å². The van der Waals surface area contributed by atoms with Gasteiger partial charge >= 0.3 is 5.97 Å². The van der Waals surface area contributed by atoms with Gasteiger partial charge in [0.15, 0.2) is 0 Å². The van der Waals surface area contributed by atoms with Crippen molar-refractivity contribution in [2.75, 3.05) is 0 Å². The fourth-order valence-electron chi connectivity index (χ4n) is 5.44. The molecule has 4 aromatic rings. The van der Waals surface area contributed by atoms with Gasteiger partial charge in [-0.25, -0.2) is 0 Å². The number of aromatic nitrogens is 2. The summed E-state index contributed by atoms with van der Waals surface area (Å²) in [6.45, 7) is 10.8. The molecule has 36 heavy (non-hydrogen) atoms. The summed E-state index contributed by atoms with van der Waals surface area (Å²) in [5, 5.41) is 2.51. The summed E-state index contributed by atoms with van der Waals surface area (Å²) in [4.78, 5) is 29.9. The van der Waals surface area contributed by atoms with Crippen molar-refractivity contribution in [1.29, 1.82) is 0 Å². The summed E-state index contributed by atoms with van der Waals surface area (Å²) in [6, 6.07) is 3.88. The molecule has 5 nitrogen and oxygen atoms in total. The van der Waals surface area contributed by atoms with Crippen molar-refractivity contribution in [3.63, 3.8) is 0 Å². The first kappa shape index (κ1) is 25.7. The molecule has 0 bridgehead atoms. The lowest BCUT2D eigenvalue weighted by Crippen LogP contribution is -2.08. The molecule has 0 fully saturated rings. The zero-order chi connectivity index (χ0) is 25.8. The summed E-state index contributed by atoms with van der Waals surface area (Å²) >= 11 is 0. The lowest BCUT2D eigenvalue weighted by atomic mass is 9.93. The van der Waals surface area contributed by atoms with Crippen LogP contribution in [0, 0.1) is 34.6 Å². The number of hydrogen-bond donors (Lipinski definition) is 2. The van der Waals surface area contributed by atoms with Crippen LogP contribution < -0.4 is 4.74 Å². The second-order valence-corrected chi connectivity index (χ2v) is 10.1. The summed E-state index contributed by atoms with van der Waals surface area (Å²) < 4.78 is 5.72. The lowest BCUT2D eigenvalue weighted by molar-refractivity contribution is -0.134. The molecular formula is C31H38N2O3. The highest BCUT2D eigenvalue weighted by Gasteiger charge is 2.15. The Labute approximate surface area is 213 Å². The average molecular weight is 487 g/mol. The van der Waals surface area contributed by atoms with Crippen molar-refractivity contribution >= 4 is 34.1 Å². The number of carbonyl (C=O) groups excluding carboxylic acids is 2. The third kappa shape index (κ3) is 5.25. The van der Waals surface area contributed by atoms with E-state index in [0.717, 1.165) is 55.9 Å². The average Bonchev–Trinajstić information content (AvgIpc) is 3.46. The lowest BCUT2D eigenvalue weighted by Gasteiger charge is -2.12. The van der Waals surface area contributed by atoms with Gasteiger partial charge < -0.3 is 19.5 Å². The van der Waals surface area contributed by atoms with Crippen LogP contribution in [0.2, 0.25) is 0 Å². The zero-order valence-corrected chi connectivity index (χ0v) is 22.3. The molecule has 2 aromatic carbocycles. The van der Waals surface area contributed by atoms with Gasteiger partial charge in [-0.3, -0.25) is 4.79 Å². The molecule has 2 N–H and O–H groups in total. The Kier molecular flexibility index (Phi) is 7.97. The summed E-state index contributed by atoms with van der Waals surface area (Å²) in [5.41, 5.74) is 11.2. The molecule has 0 unspecified atom stereocenters. The molecule has 0 radical (unpaired) electrons. The number of H-pyrrole nitrogens is 2. The van der Waals surface area contributed by atoms with Crippen molar-refractivity contribution in [2.24, 2.45) is 0 Å². The standard InChI is InChI=1S/C31H38N2O3/c1-19-15-26(16-27-29(19)24(17-32-27)11-8-6-7-9-14-34)36-28(35)13-10-12-25-18-33-31-23(5)21(3)20(2)22(4)30(25)31/h14-18,32-33H,6-13H2,1-5H3. The number of benzene rings is 2. The maximum Gasteiger partial charge on any atom is 0.311 e. The van der Waals surface area contributed by atoms with Crippen LogP contribution in [0.25, 0.3) is 21.8 Å². The van der Waals surface area contributed by atoms with E-state index in [9.17, 15) is 9.59 Å². The molecule has 0 atom stereocenters. The molecule has 0 aliphatic heterocycles. The monoisotopic (exact) mass is 486 g/mol. The highest BCUT2D eigenvalue weighted by molar-refractivity contribution is 5.91. The molecule has 0 saturated heterocycles. The quantitative estimate of drug-likeness (QED) is 0.100. The maximum absolute atomic E-state index is 12.6. The van der Waals surface area contributed by atoms with Gasteiger partial charge in [0.2, 0.25) is 0 Å². The van der Waals surface area contributed by atoms with E-state index in [4.69, 9.17) is 4.74 Å². The van der Waals surface area contributed by atoms with Crippen LogP contribution >= 0.6 is 0 Å². The van der Waals surface area contributed by atoms with Gasteiger partial charge in [0.1, 0.15) is 12.0 Å². The minimum Gasteiger partial charge on any atom is -0.426 e. The van der Waals surface area contributed by atoms with Crippen molar-refractivity contribution in [3.05, 3.63) is 63.5 Å². The number of esters is 1. The Morgan fingerprint density at radius 3 is 2.28 bits per heavy atom. The SMILES string of the molecule is Cc1c(C)c(C)c2c(CCCC(=O)Oc3cc(C)c4c(CCCCCC=O)c[nH]c4c3)c[nH]c2c1C. The molecule has 2 aromatic heterocycles. The molecule has 190 valence electrons. The second-order valence-electron chi connectivity index (χ2n) is 10.1. The Balaban J connectivity index is 1.36. The molecule has 4 rings (SSSR count). The molecule has 0 aliphatic rings. The van der Waals surface area contributed by atoms with E-state index in [2.05, 4.69) is 57.0 Å². The number of aryl methyl sites for hydroxylation is 5. The Morgan fingerprint density at radius 2 is 1.50 bits per heavy atom. The van der Waals surface area contributed by atoms with E-state index in [-0.39, 0.29) is 5.97 Å². The van der Waals surface area contributed by atoms with E-state index >= 15 is 0 Å². The number of fused-ring (bicyclic) bond motifs is 2. The van der Waals surface area contributed by atoms with Crippen LogP contribution in [0.1, 0.15) is 77.5 Å². The normalized spacial score (nSPS) is 11.5. The predicted molar refractivity (Wildman–Crippen MR) is 147 cm³/mol. The maximum atomic E-state index is 12.6. The van der Waals surface area contributed by atoms with E-state index < -0.39 is 0 Å². The highest BCUT2D eigenvalue weighted by atomic mass is 16.5. The van der Waals surface area contributed by atoms with Crippen LogP contribution in [0.3, 0.4) is 0 Å². The first-order valence-corrected chi connectivity index (χ1v) is 13.1. The van der Waals surface area contributed by atoms with Gasteiger partial charge in [-0.15, -0.1) is 0 Å². The van der Waals surface area contributed by atoms with Gasteiger partial charge in [0.05, 0.1) is 0 Å². The Hall–Kier alpha value is -3.34. The fourth-order valence-corrected chi connectivity index (χ4v) is 5.44. The topological polar surface area (TPSA) is 75.0 Å². The third-order valence-corrected chi connectivity index (χ3v) is 7.76. The van der Waals surface area contributed by atoms with Gasteiger partial charge in [-0.2, -0.15) is 0 Å². The Bertz CT molecular complexity index is 1410. The number of aldehydes is 1. The number of unbranched alkanes of at least 4 members (excludes halogenated alkanes) is 3. The number of hydrogen-bond acceptors (Lipinski definition) is 3. The number of ether oxygens (including phenoxy) is 1. The number of aromatic amines is 2. The first-order chi connectivity index (χ1) is 17.3. The highest BCUT2D eigenvalue weighted by Crippen LogP contribution is 2.32. The summed E-state index contributed by atoms with van der Waals surface area (Å²) in [6.07, 6.45) is 11.8. The number of nitrogens with one attached hydrogen (secondary N) is 2. The third-order valence-electron chi connectivity index (χ3n) is 7.76. The second kappa shape index (κ2) is 11.2. The van der Waals surface area contributed by atoms with Crippen LogP contribution in [0.15, 0.2) is 24.5 Å². The summed E-state index contributed by atoms with van der Waals surface area (Å²) in [5.74, 6) is 0.393. The first-order valence-electron chi connectivity index (χ1n) is 13.1. The van der Waals surface area contributed by atoms with Crippen LogP contribution in [0.5, 0.6) is 5.75 Å². The molecule has 0 spiro atoms. The van der Waals surface area contributed by atoms with Crippen LogP contribution in [0.4, 0.5) is 0 Å². The minimum atomic E-state index is -0.199. The van der Waals surface area contributed by atoms with Crippen LogP contribution in [-0.2, 0) is 22.4 Å². The van der Waals surface area contributed by atoms with Gasteiger partial charge in [0.25, 0.3) is 0 Å². The minimum absolute atomic E-state index is 0.199. The Morgan fingerprint density at radius 1 is 0.806 bits per heavy atom. The van der Waals surface area contributed by atoms with Gasteiger partial charge in [-0.1, -0.05) is 6.42 Å². The number of rotatable bonds is 11. The fraction of sp³-hybridized carbons (Fsp3) is 0.419. The molecule has 0 saturated carbocycles. The molecule has 0 amide bonds. The molecule has 0 aliphatic carbocycles. The van der Waals surface area contributed by atoms with Crippen molar-refractivity contribution in [1.82, 2.24) is 9.97 Å². The van der Waals surface area contributed by atoms with E-state index in [0.29, 0.717) is 18.6 Å².